The number of anilines is 1. The van der Waals surface area contributed by atoms with E-state index in [9.17, 15) is 14.9 Å². The quantitative estimate of drug-likeness (QED) is 0.271. The smallest absolute Gasteiger partial charge is 0.272 e. The van der Waals surface area contributed by atoms with Crippen LogP contribution in [0.4, 0.5) is 11.4 Å². The highest BCUT2D eigenvalue weighted by Gasteiger charge is 2.27. The Morgan fingerprint density at radius 1 is 0.944 bits per heavy atom. The van der Waals surface area contributed by atoms with Gasteiger partial charge in [0.2, 0.25) is 0 Å². The largest absolute Gasteiger partial charge is 0.368 e. The van der Waals surface area contributed by atoms with E-state index in [4.69, 9.17) is 11.6 Å². The first kappa shape index (κ1) is 23.6. The maximum absolute atomic E-state index is 13.7. The summed E-state index contributed by atoms with van der Waals surface area (Å²) >= 11 is 6.41. The molecule has 0 atom stereocenters. The number of nitrogens with zero attached hydrogens (tertiary/aromatic N) is 5. The molecule has 0 N–H and O–H groups in total. The van der Waals surface area contributed by atoms with Crippen LogP contribution in [0, 0.1) is 17.0 Å². The monoisotopic (exact) mass is 501 g/mol. The van der Waals surface area contributed by atoms with Gasteiger partial charge in [0.1, 0.15) is 5.69 Å². The lowest BCUT2D eigenvalue weighted by molar-refractivity contribution is -0.384. The van der Waals surface area contributed by atoms with Crippen LogP contribution in [-0.2, 0) is 0 Å². The van der Waals surface area contributed by atoms with Gasteiger partial charge in [-0.25, -0.2) is 4.68 Å². The number of carbonyl (C=O) groups excluding carboxylic acids is 1. The SMILES string of the molecule is Cc1ccccc1N1CCN(C(=O)c2cc(-c3ccccc3Cl)nn2-c2cccc([N+](=O)[O-])c2)CC1. The van der Waals surface area contributed by atoms with Gasteiger partial charge >= 0.3 is 0 Å². The van der Waals surface area contributed by atoms with Crippen molar-refractivity contribution in [3.05, 3.63) is 105 Å². The van der Waals surface area contributed by atoms with Crippen molar-refractivity contribution in [2.45, 2.75) is 6.92 Å². The van der Waals surface area contributed by atoms with Crippen molar-refractivity contribution in [2.75, 3.05) is 31.1 Å². The van der Waals surface area contributed by atoms with E-state index >= 15 is 0 Å². The van der Waals surface area contributed by atoms with E-state index in [2.05, 4.69) is 29.1 Å². The molecule has 0 aliphatic carbocycles. The van der Waals surface area contributed by atoms with Gasteiger partial charge < -0.3 is 9.80 Å². The third kappa shape index (κ3) is 4.55. The third-order valence-corrected chi connectivity index (χ3v) is 6.72. The first-order chi connectivity index (χ1) is 17.4. The van der Waals surface area contributed by atoms with Gasteiger partial charge in [0, 0.05) is 49.6 Å². The molecule has 1 aliphatic rings. The Labute approximate surface area is 213 Å². The van der Waals surface area contributed by atoms with Gasteiger partial charge in [0.15, 0.2) is 0 Å². The summed E-state index contributed by atoms with van der Waals surface area (Å²) in [5.74, 6) is -0.184. The summed E-state index contributed by atoms with van der Waals surface area (Å²) in [6.07, 6.45) is 0. The van der Waals surface area contributed by atoms with Crippen LogP contribution < -0.4 is 4.90 Å². The minimum Gasteiger partial charge on any atom is -0.368 e. The van der Waals surface area contributed by atoms with Crippen LogP contribution in [0.5, 0.6) is 0 Å². The molecule has 182 valence electrons. The minimum atomic E-state index is -0.464. The van der Waals surface area contributed by atoms with Crippen molar-refractivity contribution < 1.29 is 9.72 Å². The number of carbonyl (C=O) groups is 1. The van der Waals surface area contributed by atoms with Crippen LogP contribution in [-0.4, -0.2) is 51.7 Å². The molecule has 8 nitrogen and oxygen atoms in total. The van der Waals surface area contributed by atoms with E-state index in [-0.39, 0.29) is 11.6 Å². The molecule has 1 fully saturated rings. The molecule has 2 heterocycles. The van der Waals surface area contributed by atoms with Crippen LogP contribution in [0.1, 0.15) is 16.1 Å². The zero-order chi connectivity index (χ0) is 25.2. The summed E-state index contributed by atoms with van der Waals surface area (Å²) in [4.78, 5) is 28.7. The van der Waals surface area contributed by atoms with Crippen LogP contribution in [0.15, 0.2) is 78.9 Å². The van der Waals surface area contributed by atoms with Crippen molar-refractivity contribution in [3.8, 4) is 16.9 Å². The van der Waals surface area contributed by atoms with Gasteiger partial charge in [-0.05, 0) is 36.8 Å². The molecule has 4 aromatic rings. The first-order valence-electron chi connectivity index (χ1n) is 11.6. The topological polar surface area (TPSA) is 84.5 Å². The number of piperazine rings is 1. The Hall–Kier alpha value is -4.17. The highest BCUT2D eigenvalue weighted by atomic mass is 35.5. The molecule has 36 heavy (non-hydrogen) atoms. The standard InChI is InChI=1S/C27H24ClN5O3/c1-19-7-2-5-12-25(19)30-13-15-31(16-14-30)27(34)26-18-24(22-10-3-4-11-23(22)28)29-32(26)20-8-6-9-21(17-20)33(35)36/h2-12,17-18H,13-16H2,1H3. The van der Waals surface area contributed by atoms with Crippen molar-refractivity contribution in [3.63, 3.8) is 0 Å². The second-order valence-corrected chi connectivity index (χ2v) is 9.06. The normalized spacial score (nSPS) is 13.6. The Balaban J connectivity index is 1.48. The Morgan fingerprint density at radius 3 is 2.39 bits per heavy atom. The molecular formula is C27H24ClN5O3. The van der Waals surface area contributed by atoms with Gasteiger partial charge in [-0.2, -0.15) is 5.10 Å². The molecule has 3 aromatic carbocycles. The lowest BCUT2D eigenvalue weighted by Crippen LogP contribution is -2.49. The third-order valence-electron chi connectivity index (χ3n) is 6.39. The number of rotatable bonds is 5. The average molecular weight is 502 g/mol. The summed E-state index contributed by atoms with van der Waals surface area (Å²) in [5, 5.41) is 16.5. The summed E-state index contributed by atoms with van der Waals surface area (Å²) < 4.78 is 1.47. The summed E-state index contributed by atoms with van der Waals surface area (Å²) in [7, 11) is 0. The van der Waals surface area contributed by atoms with E-state index in [1.807, 2.05) is 30.3 Å². The molecule has 1 aliphatic heterocycles. The fourth-order valence-electron chi connectivity index (χ4n) is 4.50. The van der Waals surface area contributed by atoms with Gasteiger partial charge in [-0.1, -0.05) is 54.1 Å². The second-order valence-electron chi connectivity index (χ2n) is 8.65. The molecule has 0 unspecified atom stereocenters. The Kier molecular flexibility index (Phi) is 6.43. The number of aryl methyl sites for hydroxylation is 1. The number of amides is 1. The van der Waals surface area contributed by atoms with Gasteiger partial charge in [-0.3, -0.25) is 14.9 Å². The zero-order valence-corrected chi connectivity index (χ0v) is 20.4. The highest BCUT2D eigenvalue weighted by Crippen LogP contribution is 2.30. The highest BCUT2D eigenvalue weighted by molar-refractivity contribution is 6.33. The summed E-state index contributed by atoms with van der Waals surface area (Å²) in [5.41, 5.74) is 4.26. The van der Waals surface area contributed by atoms with E-state index in [0.29, 0.717) is 53.8 Å². The fraction of sp³-hybridized carbons (Fsp3) is 0.185. The average Bonchev–Trinajstić information content (AvgIpc) is 3.34. The van der Waals surface area contributed by atoms with E-state index in [1.165, 1.54) is 28.1 Å². The number of hydrogen-bond donors (Lipinski definition) is 0. The second kappa shape index (κ2) is 9.83. The number of benzene rings is 3. The van der Waals surface area contributed by atoms with E-state index in [0.717, 1.165) is 0 Å². The number of nitro groups is 1. The van der Waals surface area contributed by atoms with Crippen molar-refractivity contribution in [2.24, 2.45) is 0 Å². The lowest BCUT2D eigenvalue weighted by atomic mass is 10.1. The molecule has 1 amide bonds. The number of para-hydroxylation sites is 1. The minimum absolute atomic E-state index is 0.0764. The molecular weight excluding hydrogens is 478 g/mol. The molecule has 0 spiro atoms. The first-order valence-corrected chi connectivity index (χ1v) is 12.0. The summed E-state index contributed by atoms with van der Waals surface area (Å²) in [6, 6.07) is 23.3. The molecule has 0 saturated carbocycles. The van der Waals surface area contributed by atoms with E-state index < -0.39 is 4.92 Å². The molecule has 1 aromatic heterocycles. The number of aromatic nitrogens is 2. The number of non-ortho nitro benzene ring substituents is 1. The molecule has 0 radical (unpaired) electrons. The number of hydrogen-bond acceptors (Lipinski definition) is 5. The zero-order valence-electron chi connectivity index (χ0n) is 19.7. The molecule has 5 rings (SSSR count). The predicted molar refractivity (Wildman–Crippen MR) is 140 cm³/mol. The van der Waals surface area contributed by atoms with Crippen LogP contribution in [0.3, 0.4) is 0 Å². The predicted octanol–water partition coefficient (Wildman–Crippen LogP) is 5.37. The Bertz CT molecular complexity index is 1440. The van der Waals surface area contributed by atoms with Crippen LogP contribution in [0.25, 0.3) is 16.9 Å². The van der Waals surface area contributed by atoms with E-state index in [1.54, 1.807) is 29.2 Å². The van der Waals surface area contributed by atoms with Crippen molar-refractivity contribution in [1.82, 2.24) is 14.7 Å². The van der Waals surface area contributed by atoms with Crippen LogP contribution >= 0.6 is 11.6 Å². The molecule has 9 heteroatoms. The number of halogens is 1. The fourth-order valence-corrected chi connectivity index (χ4v) is 4.73. The molecule has 0 bridgehead atoms. The maximum Gasteiger partial charge on any atom is 0.272 e. The maximum atomic E-state index is 13.7. The Morgan fingerprint density at radius 2 is 1.67 bits per heavy atom. The summed E-state index contributed by atoms with van der Waals surface area (Å²) in [6.45, 7) is 4.60. The van der Waals surface area contributed by atoms with Gasteiger partial charge in [0.25, 0.3) is 11.6 Å². The van der Waals surface area contributed by atoms with Gasteiger partial charge in [-0.15, -0.1) is 0 Å². The molecule has 1 saturated heterocycles. The number of nitro benzene ring substituents is 1. The van der Waals surface area contributed by atoms with Crippen molar-refractivity contribution in [1.29, 1.82) is 0 Å². The van der Waals surface area contributed by atoms with Crippen molar-refractivity contribution >= 4 is 28.9 Å². The van der Waals surface area contributed by atoms with Crippen LogP contribution in [0.2, 0.25) is 5.02 Å². The van der Waals surface area contributed by atoms with Gasteiger partial charge in [0.05, 0.1) is 21.3 Å². The lowest BCUT2D eigenvalue weighted by Gasteiger charge is -2.36.